The Morgan fingerprint density at radius 3 is 2.27 bits per heavy atom. The highest BCUT2D eigenvalue weighted by Crippen LogP contribution is 2.43. The first kappa shape index (κ1) is 22.5. The van der Waals surface area contributed by atoms with Crippen molar-refractivity contribution >= 4 is 11.7 Å². The van der Waals surface area contributed by atoms with Crippen molar-refractivity contribution in [1.82, 2.24) is 15.1 Å². The number of hydrogen-bond acceptors (Lipinski definition) is 5. The van der Waals surface area contributed by atoms with Crippen molar-refractivity contribution in [2.75, 3.05) is 19.5 Å². The molecule has 3 aromatic rings. The molecule has 0 aliphatic carbocycles. The lowest BCUT2D eigenvalue weighted by Gasteiger charge is -2.33. The topological polar surface area (TPSA) is 77.4 Å². The van der Waals surface area contributed by atoms with Crippen molar-refractivity contribution in [3.63, 3.8) is 0 Å². The molecule has 7 nitrogen and oxygen atoms in total. The molecule has 1 amide bonds. The summed E-state index contributed by atoms with van der Waals surface area (Å²) in [7, 11) is 3.08. The summed E-state index contributed by atoms with van der Waals surface area (Å²) in [6.45, 7) is 0.204. The van der Waals surface area contributed by atoms with Crippen LogP contribution < -0.4 is 20.1 Å². The van der Waals surface area contributed by atoms with Gasteiger partial charge in [-0.25, -0.2) is 4.68 Å². The normalized spacial score (nSPS) is 17.6. The van der Waals surface area contributed by atoms with Crippen molar-refractivity contribution in [2.24, 2.45) is 0 Å². The minimum atomic E-state index is -4.52. The molecule has 1 aromatic heterocycles. The highest BCUT2D eigenvalue weighted by Gasteiger charge is 2.46. The molecule has 2 heterocycles. The third kappa shape index (κ3) is 4.89. The molecule has 0 saturated carbocycles. The van der Waals surface area contributed by atoms with E-state index in [2.05, 4.69) is 15.7 Å². The molecule has 0 unspecified atom stereocenters. The van der Waals surface area contributed by atoms with Gasteiger partial charge >= 0.3 is 6.18 Å². The van der Waals surface area contributed by atoms with Crippen LogP contribution in [-0.2, 0) is 6.54 Å². The number of methoxy groups -OCH3 is 2. The summed E-state index contributed by atoms with van der Waals surface area (Å²) in [5.74, 6) is 0.876. The van der Waals surface area contributed by atoms with Crippen LogP contribution in [0.25, 0.3) is 0 Å². The average Bonchev–Trinajstić information content (AvgIpc) is 3.26. The zero-order chi connectivity index (χ0) is 23.6. The third-order valence-corrected chi connectivity index (χ3v) is 5.55. The Bertz CT molecular complexity index is 1110. The maximum atomic E-state index is 13.8. The minimum Gasteiger partial charge on any atom is -0.497 e. The molecule has 4 rings (SSSR count). The zero-order valence-electron chi connectivity index (χ0n) is 18.0. The Hall–Kier alpha value is -3.69. The SMILES string of the molecule is COc1ccc(CNC(=O)c2cc3n(n2)[C@H](C(F)(F)F)C[C@H](c2ccc(OC)cc2)N3)cc1. The smallest absolute Gasteiger partial charge is 0.410 e. The molecule has 33 heavy (non-hydrogen) atoms. The summed E-state index contributed by atoms with van der Waals surface area (Å²) < 4.78 is 52.6. The number of alkyl halides is 3. The van der Waals surface area contributed by atoms with Gasteiger partial charge in [-0.05, 0) is 35.4 Å². The van der Waals surface area contributed by atoms with Crippen LogP contribution in [0.1, 0.15) is 40.1 Å². The van der Waals surface area contributed by atoms with Gasteiger partial charge in [-0.1, -0.05) is 24.3 Å². The van der Waals surface area contributed by atoms with Gasteiger partial charge in [0.05, 0.1) is 20.3 Å². The van der Waals surface area contributed by atoms with Crippen LogP contribution in [-0.4, -0.2) is 36.1 Å². The Morgan fingerprint density at radius 1 is 1.09 bits per heavy atom. The average molecular weight is 460 g/mol. The van der Waals surface area contributed by atoms with Crippen LogP contribution in [0.2, 0.25) is 0 Å². The van der Waals surface area contributed by atoms with Crippen molar-refractivity contribution in [1.29, 1.82) is 0 Å². The maximum Gasteiger partial charge on any atom is 0.410 e. The predicted molar refractivity (Wildman–Crippen MR) is 115 cm³/mol. The minimum absolute atomic E-state index is 0.0874. The van der Waals surface area contributed by atoms with Gasteiger partial charge < -0.3 is 20.1 Å². The van der Waals surface area contributed by atoms with Gasteiger partial charge in [0.15, 0.2) is 11.7 Å². The van der Waals surface area contributed by atoms with E-state index in [1.54, 1.807) is 55.6 Å². The van der Waals surface area contributed by atoms with Crippen molar-refractivity contribution < 1.29 is 27.4 Å². The van der Waals surface area contributed by atoms with E-state index in [-0.39, 0.29) is 24.5 Å². The van der Waals surface area contributed by atoms with E-state index >= 15 is 0 Å². The number of hydrogen-bond donors (Lipinski definition) is 2. The van der Waals surface area contributed by atoms with Gasteiger partial charge in [-0.2, -0.15) is 18.3 Å². The molecule has 0 saturated heterocycles. The maximum absolute atomic E-state index is 13.8. The molecular formula is C23H23F3N4O3. The zero-order valence-corrected chi connectivity index (χ0v) is 18.0. The number of carbonyl (C=O) groups is 1. The van der Waals surface area contributed by atoms with Gasteiger partial charge in [0.1, 0.15) is 17.3 Å². The van der Waals surface area contributed by atoms with E-state index in [0.29, 0.717) is 17.1 Å². The molecule has 174 valence electrons. The molecule has 0 bridgehead atoms. The molecule has 2 aromatic carbocycles. The summed E-state index contributed by atoms with van der Waals surface area (Å²) in [5.41, 5.74) is 1.41. The van der Waals surface area contributed by atoms with Gasteiger partial charge in [0, 0.05) is 19.0 Å². The summed E-state index contributed by atoms with van der Waals surface area (Å²) in [6.07, 6.45) is -4.78. The number of rotatable bonds is 6. The quantitative estimate of drug-likeness (QED) is 0.567. The van der Waals surface area contributed by atoms with Crippen molar-refractivity contribution in [3.8, 4) is 11.5 Å². The fourth-order valence-electron chi connectivity index (χ4n) is 3.76. The molecule has 0 spiro atoms. The fourth-order valence-corrected chi connectivity index (χ4v) is 3.76. The molecule has 1 aliphatic heterocycles. The lowest BCUT2D eigenvalue weighted by Crippen LogP contribution is -2.35. The first-order valence-electron chi connectivity index (χ1n) is 10.3. The number of nitrogens with zero attached hydrogens (tertiary/aromatic N) is 2. The lowest BCUT2D eigenvalue weighted by atomic mass is 9.97. The Kier molecular flexibility index (Phi) is 6.17. The number of anilines is 1. The van der Waals surface area contributed by atoms with Crippen LogP contribution in [0.4, 0.5) is 19.0 Å². The highest BCUT2D eigenvalue weighted by atomic mass is 19.4. The third-order valence-electron chi connectivity index (χ3n) is 5.55. The van der Waals surface area contributed by atoms with E-state index in [9.17, 15) is 18.0 Å². The number of carbonyl (C=O) groups excluding carboxylic acids is 1. The van der Waals surface area contributed by atoms with E-state index in [1.165, 1.54) is 13.2 Å². The van der Waals surface area contributed by atoms with Crippen molar-refractivity contribution in [3.05, 3.63) is 71.4 Å². The first-order chi connectivity index (χ1) is 15.8. The monoisotopic (exact) mass is 460 g/mol. The van der Waals surface area contributed by atoms with Crippen LogP contribution in [0.3, 0.4) is 0 Å². The molecule has 10 heteroatoms. The number of benzene rings is 2. The van der Waals surface area contributed by atoms with Gasteiger partial charge in [0.25, 0.3) is 5.91 Å². The number of nitrogens with one attached hydrogen (secondary N) is 2. The largest absolute Gasteiger partial charge is 0.497 e. The number of ether oxygens (including phenoxy) is 2. The van der Waals surface area contributed by atoms with Crippen LogP contribution in [0.5, 0.6) is 11.5 Å². The van der Waals surface area contributed by atoms with Crippen LogP contribution in [0, 0.1) is 0 Å². The number of fused-ring (bicyclic) bond motifs is 1. The second kappa shape index (κ2) is 9.05. The van der Waals surface area contributed by atoms with E-state index in [4.69, 9.17) is 9.47 Å². The second-order valence-electron chi connectivity index (χ2n) is 7.65. The van der Waals surface area contributed by atoms with Crippen LogP contribution in [0.15, 0.2) is 54.6 Å². The van der Waals surface area contributed by atoms with Gasteiger partial charge in [-0.15, -0.1) is 0 Å². The van der Waals surface area contributed by atoms with E-state index < -0.39 is 24.2 Å². The molecule has 0 fully saturated rings. The summed E-state index contributed by atoms with van der Waals surface area (Å²) in [6, 6.07) is 12.8. The number of aromatic nitrogens is 2. The fraction of sp³-hybridized carbons (Fsp3) is 0.304. The molecular weight excluding hydrogens is 437 g/mol. The molecule has 2 atom stereocenters. The predicted octanol–water partition coefficient (Wildman–Crippen LogP) is 4.49. The van der Waals surface area contributed by atoms with E-state index in [1.807, 2.05) is 0 Å². The second-order valence-corrected chi connectivity index (χ2v) is 7.65. The molecule has 0 radical (unpaired) electrons. The standard InChI is InChI=1S/C23H23F3N4O3/c1-32-16-7-3-14(4-8-16)13-27-22(31)19-12-21-28-18(15-5-9-17(33-2)10-6-15)11-20(23(24,25)26)30(21)29-19/h3-10,12,18,20,28H,11,13H2,1-2H3,(H,27,31)/t18-,20+/m1/s1. The van der Waals surface area contributed by atoms with Crippen molar-refractivity contribution in [2.45, 2.75) is 31.2 Å². The van der Waals surface area contributed by atoms with Crippen LogP contribution >= 0.6 is 0 Å². The summed E-state index contributed by atoms with van der Waals surface area (Å²) in [5, 5.41) is 9.75. The van der Waals surface area contributed by atoms with Gasteiger partial charge in [-0.3, -0.25) is 4.79 Å². The Morgan fingerprint density at radius 2 is 1.70 bits per heavy atom. The van der Waals surface area contributed by atoms with E-state index in [0.717, 1.165) is 10.2 Å². The highest BCUT2D eigenvalue weighted by molar-refractivity contribution is 5.93. The number of halogens is 3. The summed E-state index contributed by atoms with van der Waals surface area (Å²) in [4.78, 5) is 12.6. The lowest BCUT2D eigenvalue weighted by molar-refractivity contribution is -0.173. The summed E-state index contributed by atoms with van der Waals surface area (Å²) >= 11 is 0. The first-order valence-corrected chi connectivity index (χ1v) is 10.3. The molecule has 2 N–H and O–H groups in total. The van der Waals surface area contributed by atoms with Gasteiger partial charge in [0.2, 0.25) is 0 Å². The number of amides is 1. The Labute approximate surface area is 188 Å². The Balaban J connectivity index is 1.53. The molecule has 1 aliphatic rings.